The maximum absolute atomic E-state index is 12.1. The summed E-state index contributed by atoms with van der Waals surface area (Å²) in [6, 6.07) is 9.75. The fraction of sp³-hybridized carbons (Fsp3) is 0.176. The van der Waals surface area contributed by atoms with Crippen molar-refractivity contribution in [1.82, 2.24) is 4.98 Å². The zero-order valence-corrected chi connectivity index (χ0v) is 13.3. The van der Waals surface area contributed by atoms with E-state index < -0.39 is 18.0 Å². The molecule has 0 aliphatic rings. The summed E-state index contributed by atoms with van der Waals surface area (Å²) in [5.41, 5.74) is 1.42. The van der Waals surface area contributed by atoms with E-state index in [-0.39, 0.29) is 11.5 Å². The Morgan fingerprint density at radius 3 is 2.21 bits per heavy atom. The Balaban J connectivity index is 1.91. The standard InChI is InChI=1S/C17H17N3O4/c1-11(24-17(23)13-4-3-9-18-10-13)16(22)20-15-7-5-14(6-8-15)19-12(2)21/h3-11H,1-2H3,(H,19,21)(H,20,22)/t11-/m0/s1. The van der Waals surface area contributed by atoms with Crippen LogP contribution in [0.4, 0.5) is 11.4 Å². The highest BCUT2D eigenvalue weighted by Gasteiger charge is 2.19. The van der Waals surface area contributed by atoms with Gasteiger partial charge in [0, 0.05) is 30.7 Å². The molecule has 1 atom stereocenters. The fourth-order valence-electron chi connectivity index (χ4n) is 1.85. The lowest BCUT2D eigenvalue weighted by atomic mass is 10.2. The van der Waals surface area contributed by atoms with E-state index in [0.29, 0.717) is 11.4 Å². The van der Waals surface area contributed by atoms with Crippen LogP contribution < -0.4 is 10.6 Å². The van der Waals surface area contributed by atoms with Crippen LogP contribution in [0.25, 0.3) is 0 Å². The summed E-state index contributed by atoms with van der Waals surface area (Å²) in [5.74, 6) is -1.26. The van der Waals surface area contributed by atoms with Crippen LogP contribution in [0.1, 0.15) is 24.2 Å². The maximum Gasteiger partial charge on any atom is 0.340 e. The van der Waals surface area contributed by atoms with Crippen molar-refractivity contribution in [3.8, 4) is 0 Å². The Kier molecular flexibility index (Phi) is 5.62. The van der Waals surface area contributed by atoms with Crippen LogP contribution in [-0.4, -0.2) is 28.9 Å². The first-order chi connectivity index (χ1) is 11.5. The number of ether oxygens (including phenoxy) is 1. The number of hydrogen-bond donors (Lipinski definition) is 2. The summed E-state index contributed by atoms with van der Waals surface area (Å²) in [6.07, 6.45) is 1.94. The summed E-state index contributed by atoms with van der Waals surface area (Å²) in [6.45, 7) is 2.89. The Morgan fingerprint density at radius 2 is 1.67 bits per heavy atom. The first-order valence-corrected chi connectivity index (χ1v) is 7.25. The lowest BCUT2D eigenvalue weighted by Crippen LogP contribution is -2.30. The van der Waals surface area contributed by atoms with Crippen molar-refractivity contribution in [3.05, 3.63) is 54.4 Å². The number of rotatable bonds is 5. The highest BCUT2D eigenvalue weighted by molar-refractivity contribution is 5.97. The van der Waals surface area contributed by atoms with E-state index >= 15 is 0 Å². The van der Waals surface area contributed by atoms with Crippen LogP contribution in [-0.2, 0) is 14.3 Å². The molecule has 0 aliphatic heterocycles. The number of nitrogens with zero attached hydrogens (tertiary/aromatic N) is 1. The number of carbonyl (C=O) groups excluding carboxylic acids is 3. The molecule has 0 bridgehead atoms. The van der Waals surface area contributed by atoms with Crippen molar-refractivity contribution in [2.24, 2.45) is 0 Å². The van der Waals surface area contributed by atoms with Crippen LogP contribution in [0.3, 0.4) is 0 Å². The second-order valence-electron chi connectivity index (χ2n) is 5.04. The minimum atomic E-state index is -0.965. The van der Waals surface area contributed by atoms with Gasteiger partial charge in [-0.05, 0) is 43.3 Å². The normalized spacial score (nSPS) is 11.2. The predicted molar refractivity (Wildman–Crippen MR) is 88.5 cm³/mol. The van der Waals surface area contributed by atoms with Crippen molar-refractivity contribution in [1.29, 1.82) is 0 Å². The van der Waals surface area contributed by atoms with Crippen LogP contribution in [0, 0.1) is 0 Å². The molecule has 7 nitrogen and oxygen atoms in total. The van der Waals surface area contributed by atoms with E-state index in [2.05, 4.69) is 15.6 Å². The average molecular weight is 327 g/mol. The van der Waals surface area contributed by atoms with E-state index in [1.165, 1.54) is 26.2 Å². The fourth-order valence-corrected chi connectivity index (χ4v) is 1.85. The monoisotopic (exact) mass is 327 g/mol. The largest absolute Gasteiger partial charge is 0.449 e. The highest BCUT2D eigenvalue weighted by atomic mass is 16.5. The minimum Gasteiger partial charge on any atom is -0.449 e. The predicted octanol–water partition coefficient (Wildman–Crippen LogP) is 2.22. The molecule has 0 saturated carbocycles. The van der Waals surface area contributed by atoms with Gasteiger partial charge in [0.15, 0.2) is 6.10 Å². The van der Waals surface area contributed by atoms with Gasteiger partial charge in [0.25, 0.3) is 5.91 Å². The van der Waals surface area contributed by atoms with Crippen molar-refractivity contribution in [2.75, 3.05) is 10.6 Å². The van der Waals surface area contributed by atoms with Crippen LogP contribution in [0.5, 0.6) is 0 Å². The molecule has 2 rings (SSSR count). The molecule has 7 heteroatoms. The number of anilines is 2. The molecule has 0 unspecified atom stereocenters. The SMILES string of the molecule is CC(=O)Nc1ccc(NC(=O)[C@H](C)OC(=O)c2cccnc2)cc1. The molecule has 1 aromatic heterocycles. The third kappa shape index (κ3) is 4.91. The molecule has 124 valence electrons. The summed E-state index contributed by atoms with van der Waals surface area (Å²) >= 11 is 0. The topological polar surface area (TPSA) is 97.4 Å². The molecule has 0 fully saturated rings. The van der Waals surface area contributed by atoms with Crippen molar-refractivity contribution < 1.29 is 19.1 Å². The number of pyridine rings is 1. The van der Waals surface area contributed by atoms with E-state index in [4.69, 9.17) is 4.74 Å². The Bertz CT molecular complexity index is 729. The van der Waals surface area contributed by atoms with Gasteiger partial charge < -0.3 is 15.4 Å². The number of amides is 2. The Morgan fingerprint density at radius 1 is 1.04 bits per heavy atom. The van der Waals surface area contributed by atoms with Gasteiger partial charge in [-0.3, -0.25) is 14.6 Å². The molecule has 2 aromatic rings. The third-order valence-electron chi connectivity index (χ3n) is 3.02. The summed E-state index contributed by atoms with van der Waals surface area (Å²) in [4.78, 5) is 38.7. The van der Waals surface area contributed by atoms with Gasteiger partial charge in [0.05, 0.1) is 5.56 Å². The molecular formula is C17H17N3O4. The lowest BCUT2D eigenvalue weighted by molar-refractivity contribution is -0.123. The van der Waals surface area contributed by atoms with Gasteiger partial charge in [-0.25, -0.2) is 4.79 Å². The molecule has 2 amide bonds. The summed E-state index contributed by atoms with van der Waals surface area (Å²) < 4.78 is 5.10. The van der Waals surface area contributed by atoms with Gasteiger partial charge in [0.2, 0.25) is 5.91 Å². The van der Waals surface area contributed by atoms with Crippen molar-refractivity contribution in [3.63, 3.8) is 0 Å². The molecule has 24 heavy (non-hydrogen) atoms. The second kappa shape index (κ2) is 7.87. The molecular weight excluding hydrogens is 310 g/mol. The van der Waals surface area contributed by atoms with Crippen LogP contribution in [0.2, 0.25) is 0 Å². The van der Waals surface area contributed by atoms with E-state index in [9.17, 15) is 14.4 Å². The number of nitrogens with one attached hydrogen (secondary N) is 2. The number of benzene rings is 1. The highest BCUT2D eigenvalue weighted by Crippen LogP contribution is 2.14. The summed E-state index contributed by atoms with van der Waals surface area (Å²) in [5, 5.41) is 5.26. The average Bonchev–Trinajstić information content (AvgIpc) is 2.56. The zero-order chi connectivity index (χ0) is 17.5. The molecule has 0 saturated heterocycles. The Labute approximate surface area is 139 Å². The smallest absolute Gasteiger partial charge is 0.340 e. The number of carbonyl (C=O) groups is 3. The van der Waals surface area contributed by atoms with Crippen LogP contribution >= 0.6 is 0 Å². The quantitative estimate of drug-likeness (QED) is 0.821. The van der Waals surface area contributed by atoms with Crippen LogP contribution in [0.15, 0.2) is 48.8 Å². The zero-order valence-electron chi connectivity index (χ0n) is 13.3. The number of hydrogen-bond acceptors (Lipinski definition) is 5. The third-order valence-corrected chi connectivity index (χ3v) is 3.02. The minimum absolute atomic E-state index is 0.178. The number of esters is 1. The van der Waals surface area contributed by atoms with Gasteiger partial charge in [0.1, 0.15) is 0 Å². The Hall–Kier alpha value is -3.22. The molecule has 0 spiro atoms. The molecule has 0 aliphatic carbocycles. The molecule has 2 N–H and O–H groups in total. The summed E-state index contributed by atoms with van der Waals surface area (Å²) in [7, 11) is 0. The maximum atomic E-state index is 12.1. The van der Waals surface area contributed by atoms with Gasteiger partial charge in [-0.1, -0.05) is 0 Å². The molecule has 1 aromatic carbocycles. The molecule has 0 radical (unpaired) electrons. The van der Waals surface area contributed by atoms with Crippen molar-refractivity contribution >= 4 is 29.2 Å². The first-order valence-electron chi connectivity index (χ1n) is 7.25. The second-order valence-corrected chi connectivity index (χ2v) is 5.04. The lowest BCUT2D eigenvalue weighted by Gasteiger charge is -2.13. The van der Waals surface area contributed by atoms with Gasteiger partial charge in [-0.15, -0.1) is 0 Å². The van der Waals surface area contributed by atoms with E-state index in [0.717, 1.165) is 0 Å². The van der Waals surface area contributed by atoms with Crippen molar-refractivity contribution in [2.45, 2.75) is 20.0 Å². The van der Waals surface area contributed by atoms with E-state index in [1.54, 1.807) is 36.4 Å². The van der Waals surface area contributed by atoms with Gasteiger partial charge in [-0.2, -0.15) is 0 Å². The first kappa shape index (κ1) is 17.1. The molecule has 1 heterocycles. The van der Waals surface area contributed by atoms with E-state index in [1.807, 2.05) is 0 Å². The number of aromatic nitrogens is 1. The van der Waals surface area contributed by atoms with Gasteiger partial charge >= 0.3 is 5.97 Å².